The normalized spacial score (nSPS) is 20.2. The quantitative estimate of drug-likeness (QED) is 0.849. The minimum absolute atomic E-state index is 0.0224. The number of halogens is 1. The number of nitrogens with zero attached hydrogens (tertiary/aromatic N) is 1. The number of hydrogen-bond donors (Lipinski definition) is 2. The zero-order valence-electron chi connectivity index (χ0n) is 14.2. The monoisotopic (exact) mass is 377 g/mol. The number of nitrogens with two attached hydrogens (primary N) is 1. The molecule has 0 aliphatic carbocycles. The van der Waals surface area contributed by atoms with Gasteiger partial charge in [0.25, 0.3) is 5.91 Å². The van der Waals surface area contributed by atoms with E-state index < -0.39 is 15.8 Å². The van der Waals surface area contributed by atoms with Crippen LogP contribution in [0, 0.1) is 5.82 Å². The highest BCUT2D eigenvalue weighted by Crippen LogP contribution is 2.28. The Morgan fingerprint density at radius 2 is 1.88 bits per heavy atom. The lowest BCUT2D eigenvalue weighted by Gasteiger charge is -2.17. The van der Waals surface area contributed by atoms with Gasteiger partial charge in [-0.1, -0.05) is 30.3 Å². The van der Waals surface area contributed by atoms with Crippen molar-refractivity contribution >= 4 is 21.6 Å². The Morgan fingerprint density at radius 1 is 1.19 bits per heavy atom. The van der Waals surface area contributed by atoms with Gasteiger partial charge in [0.15, 0.2) is 0 Å². The van der Waals surface area contributed by atoms with Gasteiger partial charge in [-0.3, -0.25) is 9.52 Å². The van der Waals surface area contributed by atoms with Crippen molar-refractivity contribution in [1.82, 2.24) is 4.90 Å². The molecule has 1 saturated heterocycles. The van der Waals surface area contributed by atoms with Crippen molar-refractivity contribution in [3.05, 3.63) is 65.5 Å². The molecule has 2 aromatic rings. The Bertz CT molecular complexity index is 919. The maximum Gasteiger partial charge on any atom is 0.254 e. The van der Waals surface area contributed by atoms with Crippen LogP contribution >= 0.6 is 0 Å². The van der Waals surface area contributed by atoms with Gasteiger partial charge in [-0.15, -0.1) is 0 Å². The van der Waals surface area contributed by atoms with Gasteiger partial charge in [0.2, 0.25) is 10.0 Å². The molecule has 8 heteroatoms. The number of anilines is 1. The van der Waals surface area contributed by atoms with E-state index >= 15 is 0 Å². The minimum Gasteiger partial charge on any atom is -0.336 e. The molecule has 0 radical (unpaired) electrons. The molecule has 2 atom stereocenters. The van der Waals surface area contributed by atoms with Crippen LogP contribution in [0.3, 0.4) is 0 Å². The lowest BCUT2D eigenvalue weighted by molar-refractivity contribution is 0.0789. The first kappa shape index (κ1) is 18.3. The van der Waals surface area contributed by atoms with Crippen LogP contribution in [0.4, 0.5) is 10.1 Å². The molecule has 0 aromatic heterocycles. The second-order valence-corrected chi connectivity index (χ2v) is 8.21. The molecule has 6 nitrogen and oxygen atoms in total. The highest BCUT2D eigenvalue weighted by atomic mass is 32.2. The first-order chi connectivity index (χ1) is 12.2. The Balaban J connectivity index is 1.81. The van der Waals surface area contributed by atoms with E-state index in [9.17, 15) is 17.6 Å². The molecular weight excluding hydrogens is 357 g/mol. The summed E-state index contributed by atoms with van der Waals surface area (Å²) in [6, 6.07) is 13.1. The van der Waals surface area contributed by atoms with Crippen molar-refractivity contribution < 1.29 is 17.6 Å². The lowest BCUT2D eigenvalue weighted by Crippen LogP contribution is -2.32. The first-order valence-corrected chi connectivity index (χ1v) is 10.0. The van der Waals surface area contributed by atoms with Crippen LogP contribution in [0.15, 0.2) is 48.5 Å². The zero-order valence-corrected chi connectivity index (χ0v) is 15.0. The first-order valence-electron chi connectivity index (χ1n) is 8.12. The fourth-order valence-corrected chi connectivity index (χ4v) is 3.72. The summed E-state index contributed by atoms with van der Waals surface area (Å²) in [4.78, 5) is 14.4. The smallest absolute Gasteiger partial charge is 0.254 e. The Morgan fingerprint density at radius 3 is 2.54 bits per heavy atom. The molecule has 2 aromatic carbocycles. The molecule has 0 unspecified atom stereocenters. The van der Waals surface area contributed by atoms with Crippen LogP contribution < -0.4 is 10.5 Å². The SMILES string of the molecule is CS(=O)(=O)Nc1cc(C(=O)N2C[C@@H](N)[C@H](c3ccccc3)C2)ccc1F. The van der Waals surface area contributed by atoms with E-state index in [1.54, 1.807) is 4.90 Å². The maximum absolute atomic E-state index is 13.8. The Hall–Kier alpha value is -2.45. The largest absolute Gasteiger partial charge is 0.336 e. The summed E-state index contributed by atoms with van der Waals surface area (Å²) in [6.07, 6.45) is 0.922. The fraction of sp³-hybridized carbons (Fsp3) is 0.278. The molecule has 26 heavy (non-hydrogen) atoms. The molecular formula is C18H20FN3O3S. The van der Waals surface area contributed by atoms with Gasteiger partial charge >= 0.3 is 0 Å². The summed E-state index contributed by atoms with van der Waals surface area (Å²) in [7, 11) is -3.65. The predicted octanol–water partition coefficient (Wildman–Crippen LogP) is 1.76. The van der Waals surface area contributed by atoms with Crippen LogP contribution in [0.5, 0.6) is 0 Å². The third kappa shape index (κ3) is 4.03. The summed E-state index contributed by atoms with van der Waals surface area (Å²) < 4.78 is 38.6. The second kappa shape index (κ2) is 7.05. The number of hydrogen-bond acceptors (Lipinski definition) is 4. The molecule has 1 amide bonds. The van der Waals surface area contributed by atoms with Gasteiger partial charge in [-0.05, 0) is 23.8 Å². The number of benzene rings is 2. The van der Waals surface area contributed by atoms with Crippen molar-refractivity contribution in [2.45, 2.75) is 12.0 Å². The number of carbonyl (C=O) groups is 1. The fourth-order valence-electron chi connectivity index (χ4n) is 3.17. The lowest BCUT2D eigenvalue weighted by atomic mass is 9.95. The molecule has 3 rings (SSSR count). The molecule has 1 heterocycles. The molecule has 0 spiro atoms. The summed E-state index contributed by atoms with van der Waals surface area (Å²) in [5, 5.41) is 0. The van der Waals surface area contributed by atoms with Gasteiger partial charge in [0.05, 0.1) is 11.9 Å². The van der Waals surface area contributed by atoms with Crippen LogP contribution in [0.1, 0.15) is 21.8 Å². The highest BCUT2D eigenvalue weighted by Gasteiger charge is 2.34. The minimum atomic E-state index is -3.65. The van der Waals surface area contributed by atoms with Crippen LogP contribution in [-0.4, -0.2) is 44.6 Å². The molecule has 3 N–H and O–H groups in total. The third-order valence-electron chi connectivity index (χ3n) is 4.39. The molecule has 0 bridgehead atoms. The average molecular weight is 377 g/mol. The molecule has 0 saturated carbocycles. The molecule has 1 aliphatic rings. The molecule has 1 aliphatic heterocycles. The number of carbonyl (C=O) groups excluding carboxylic acids is 1. The standard InChI is InChI=1S/C18H20FN3O3S/c1-26(24,25)21-17-9-13(7-8-15(17)19)18(23)22-10-14(16(20)11-22)12-5-3-2-4-6-12/h2-9,14,16,21H,10-11,20H2,1H3/t14-,16+/m0/s1. The van der Waals surface area contributed by atoms with Crippen LogP contribution in [0.2, 0.25) is 0 Å². The summed E-state index contributed by atoms with van der Waals surface area (Å²) in [6.45, 7) is 0.834. The zero-order chi connectivity index (χ0) is 18.9. The van der Waals surface area contributed by atoms with Gasteiger partial charge in [-0.25, -0.2) is 12.8 Å². The van der Waals surface area contributed by atoms with E-state index in [1.165, 1.54) is 12.1 Å². The van der Waals surface area contributed by atoms with Crippen LogP contribution in [-0.2, 0) is 10.0 Å². The van der Waals surface area contributed by atoms with Crippen molar-refractivity contribution in [2.75, 3.05) is 24.1 Å². The van der Waals surface area contributed by atoms with Gasteiger partial charge < -0.3 is 10.6 Å². The second-order valence-electron chi connectivity index (χ2n) is 6.46. The van der Waals surface area contributed by atoms with Crippen molar-refractivity contribution in [2.24, 2.45) is 5.73 Å². The van der Waals surface area contributed by atoms with E-state index in [0.29, 0.717) is 13.1 Å². The Labute approximate surface area is 151 Å². The number of nitrogens with one attached hydrogen (secondary N) is 1. The topological polar surface area (TPSA) is 92.5 Å². The van der Waals surface area contributed by atoms with Crippen LogP contribution in [0.25, 0.3) is 0 Å². The predicted molar refractivity (Wildman–Crippen MR) is 97.9 cm³/mol. The number of amides is 1. The molecule has 138 valence electrons. The average Bonchev–Trinajstić information content (AvgIpc) is 2.97. The van der Waals surface area contributed by atoms with Crippen molar-refractivity contribution in [1.29, 1.82) is 0 Å². The molecule has 1 fully saturated rings. The summed E-state index contributed by atoms with van der Waals surface area (Å²) in [5.74, 6) is -1.03. The Kier molecular flexibility index (Phi) is 4.97. The van der Waals surface area contributed by atoms with E-state index in [1.807, 2.05) is 30.3 Å². The van der Waals surface area contributed by atoms with E-state index in [-0.39, 0.29) is 29.1 Å². The van der Waals surface area contributed by atoms with Gasteiger partial charge in [0, 0.05) is 30.6 Å². The number of rotatable bonds is 4. The number of likely N-dealkylation sites (tertiary alicyclic amines) is 1. The number of sulfonamides is 1. The van der Waals surface area contributed by atoms with E-state index in [2.05, 4.69) is 4.72 Å². The maximum atomic E-state index is 13.8. The highest BCUT2D eigenvalue weighted by molar-refractivity contribution is 7.92. The summed E-state index contributed by atoms with van der Waals surface area (Å²) in [5.41, 5.74) is 7.23. The van der Waals surface area contributed by atoms with Gasteiger partial charge in [-0.2, -0.15) is 0 Å². The summed E-state index contributed by atoms with van der Waals surface area (Å²) >= 11 is 0. The van der Waals surface area contributed by atoms with E-state index in [4.69, 9.17) is 5.73 Å². The third-order valence-corrected chi connectivity index (χ3v) is 4.98. The van der Waals surface area contributed by atoms with Crippen molar-refractivity contribution in [3.63, 3.8) is 0 Å². The van der Waals surface area contributed by atoms with Crippen molar-refractivity contribution in [3.8, 4) is 0 Å². The van der Waals surface area contributed by atoms with E-state index in [0.717, 1.165) is 17.9 Å². The van der Waals surface area contributed by atoms with Gasteiger partial charge in [0.1, 0.15) is 5.82 Å².